The van der Waals surface area contributed by atoms with Crippen LogP contribution in [0, 0.1) is 0 Å². The molecule has 0 amide bonds. The van der Waals surface area contributed by atoms with Crippen molar-refractivity contribution < 1.29 is 8.42 Å². The predicted molar refractivity (Wildman–Crippen MR) is 71.8 cm³/mol. The van der Waals surface area contributed by atoms with Gasteiger partial charge in [-0.25, -0.2) is 18.1 Å². The Kier molecular flexibility index (Phi) is 4.08. The number of nitrogens with zero attached hydrogens (tertiary/aromatic N) is 2. The molecule has 0 unspecified atom stereocenters. The molecule has 0 saturated carbocycles. The molecule has 6 nitrogen and oxygen atoms in total. The fraction of sp³-hybridized carbons (Fsp3) is 0.167. The van der Waals surface area contributed by atoms with Crippen LogP contribution in [0.2, 0.25) is 0 Å². The lowest BCUT2D eigenvalue weighted by atomic mass is 10.2. The SMILES string of the molecule is Nc1cc(S(=O)(=O)NCCc2cccnc2)ccn1. The number of nitrogen functional groups attached to an aromatic ring is 1. The summed E-state index contributed by atoms with van der Waals surface area (Å²) >= 11 is 0. The summed E-state index contributed by atoms with van der Waals surface area (Å²) in [5, 5.41) is 0. The predicted octanol–water partition coefficient (Wildman–Crippen LogP) is 0.580. The van der Waals surface area contributed by atoms with E-state index in [4.69, 9.17) is 5.73 Å². The van der Waals surface area contributed by atoms with E-state index in [0.717, 1.165) is 5.56 Å². The maximum absolute atomic E-state index is 12.0. The van der Waals surface area contributed by atoms with Gasteiger partial charge in [0, 0.05) is 31.2 Å². The summed E-state index contributed by atoms with van der Waals surface area (Å²) in [5.41, 5.74) is 6.44. The Labute approximate surface area is 111 Å². The molecule has 7 heteroatoms. The van der Waals surface area contributed by atoms with Gasteiger partial charge < -0.3 is 5.73 Å². The molecule has 0 radical (unpaired) electrons. The molecule has 0 bridgehead atoms. The number of pyridine rings is 2. The molecule has 0 atom stereocenters. The van der Waals surface area contributed by atoms with Gasteiger partial charge in [0.15, 0.2) is 0 Å². The Morgan fingerprint density at radius 3 is 2.79 bits per heavy atom. The fourth-order valence-corrected chi connectivity index (χ4v) is 2.61. The van der Waals surface area contributed by atoms with Crippen LogP contribution in [0.15, 0.2) is 47.8 Å². The number of nitrogens with one attached hydrogen (secondary N) is 1. The molecule has 0 aromatic carbocycles. The molecule has 0 spiro atoms. The number of anilines is 1. The van der Waals surface area contributed by atoms with Crippen LogP contribution in [0.25, 0.3) is 0 Å². The zero-order valence-electron chi connectivity index (χ0n) is 10.2. The molecule has 2 aromatic rings. The van der Waals surface area contributed by atoms with Crippen LogP contribution in [0.4, 0.5) is 5.82 Å². The highest BCUT2D eigenvalue weighted by Crippen LogP contribution is 2.10. The Hall–Kier alpha value is -1.99. The van der Waals surface area contributed by atoms with E-state index in [1.165, 1.54) is 18.3 Å². The maximum Gasteiger partial charge on any atom is 0.240 e. The molecule has 0 aliphatic rings. The van der Waals surface area contributed by atoms with Crippen LogP contribution in [-0.2, 0) is 16.4 Å². The summed E-state index contributed by atoms with van der Waals surface area (Å²) in [6.07, 6.45) is 5.32. The minimum Gasteiger partial charge on any atom is -0.384 e. The minimum absolute atomic E-state index is 0.117. The molecule has 100 valence electrons. The van der Waals surface area contributed by atoms with Crippen LogP contribution in [0.1, 0.15) is 5.56 Å². The highest BCUT2D eigenvalue weighted by molar-refractivity contribution is 7.89. The van der Waals surface area contributed by atoms with Crippen molar-refractivity contribution in [1.29, 1.82) is 0 Å². The molecule has 0 aliphatic heterocycles. The Morgan fingerprint density at radius 2 is 2.11 bits per heavy atom. The van der Waals surface area contributed by atoms with Crippen molar-refractivity contribution in [2.24, 2.45) is 0 Å². The average Bonchev–Trinajstić information content (AvgIpc) is 2.40. The van der Waals surface area contributed by atoms with Crippen molar-refractivity contribution in [3.8, 4) is 0 Å². The first-order chi connectivity index (χ1) is 9.08. The lowest BCUT2D eigenvalue weighted by Gasteiger charge is -2.06. The molecule has 2 rings (SSSR count). The molecule has 0 fully saturated rings. The van der Waals surface area contributed by atoms with Gasteiger partial charge in [-0.3, -0.25) is 4.98 Å². The lowest BCUT2D eigenvalue weighted by Crippen LogP contribution is -2.26. The van der Waals surface area contributed by atoms with Crippen LogP contribution < -0.4 is 10.5 Å². The number of nitrogens with two attached hydrogens (primary N) is 1. The molecular weight excluding hydrogens is 264 g/mol. The highest BCUT2D eigenvalue weighted by Gasteiger charge is 2.13. The molecule has 2 aromatic heterocycles. The van der Waals surface area contributed by atoms with Crippen molar-refractivity contribution in [2.45, 2.75) is 11.3 Å². The van der Waals surface area contributed by atoms with Crippen LogP contribution in [0.5, 0.6) is 0 Å². The molecule has 3 N–H and O–H groups in total. The summed E-state index contributed by atoms with van der Waals surface area (Å²) < 4.78 is 26.4. The van der Waals surface area contributed by atoms with Crippen molar-refractivity contribution in [1.82, 2.24) is 14.7 Å². The van der Waals surface area contributed by atoms with Crippen LogP contribution in [-0.4, -0.2) is 24.9 Å². The fourth-order valence-electron chi connectivity index (χ4n) is 1.55. The topological polar surface area (TPSA) is 98.0 Å². The monoisotopic (exact) mass is 278 g/mol. The van der Waals surface area contributed by atoms with E-state index in [-0.39, 0.29) is 10.7 Å². The quantitative estimate of drug-likeness (QED) is 0.833. The summed E-state index contributed by atoms with van der Waals surface area (Å²) in [5.74, 6) is 0.176. The van der Waals surface area contributed by atoms with E-state index in [1.807, 2.05) is 12.1 Å². The average molecular weight is 278 g/mol. The second-order valence-corrected chi connectivity index (χ2v) is 5.69. The third kappa shape index (κ3) is 3.73. The number of rotatable bonds is 5. The number of hydrogen-bond acceptors (Lipinski definition) is 5. The molecular formula is C12H14N4O2S. The van der Waals surface area contributed by atoms with Gasteiger partial charge >= 0.3 is 0 Å². The van der Waals surface area contributed by atoms with E-state index in [2.05, 4.69) is 14.7 Å². The smallest absolute Gasteiger partial charge is 0.240 e. The first kappa shape index (κ1) is 13.4. The Morgan fingerprint density at radius 1 is 1.26 bits per heavy atom. The van der Waals surface area contributed by atoms with E-state index in [1.54, 1.807) is 12.4 Å². The van der Waals surface area contributed by atoms with Crippen LogP contribution >= 0.6 is 0 Å². The summed E-state index contributed by atoms with van der Waals surface area (Å²) in [4.78, 5) is 7.84. The van der Waals surface area contributed by atoms with E-state index < -0.39 is 10.0 Å². The van der Waals surface area contributed by atoms with Gasteiger partial charge in [-0.1, -0.05) is 6.07 Å². The van der Waals surface area contributed by atoms with Gasteiger partial charge in [-0.2, -0.15) is 0 Å². The van der Waals surface area contributed by atoms with Gasteiger partial charge in [-0.05, 0) is 24.1 Å². The van der Waals surface area contributed by atoms with Gasteiger partial charge in [0.2, 0.25) is 10.0 Å². The van der Waals surface area contributed by atoms with Crippen molar-refractivity contribution in [3.05, 3.63) is 48.4 Å². The second kappa shape index (κ2) is 5.77. The standard InChI is InChI=1S/C12H14N4O2S/c13-12-8-11(4-6-15-12)19(17,18)16-7-3-10-2-1-5-14-9-10/h1-2,4-6,8-9,16H,3,7H2,(H2,13,15). The Balaban J connectivity index is 1.99. The largest absolute Gasteiger partial charge is 0.384 e. The molecule has 19 heavy (non-hydrogen) atoms. The summed E-state index contributed by atoms with van der Waals surface area (Å²) in [7, 11) is -3.54. The van der Waals surface area contributed by atoms with Crippen molar-refractivity contribution >= 4 is 15.8 Å². The third-order valence-electron chi connectivity index (χ3n) is 2.49. The minimum atomic E-state index is -3.54. The first-order valence-electron chi connectivity index (χ1n) is 5.68. The Bertz CT molecular complexity index is 644. The number of aromatic nitrogens is 2. The van der Waals surface area contributed by atoms with Gasteiger partial charge in [-0.15, -0.1) is 0 Å². The summed E-state index contributed by atoms with van der Waals surface area (Å²) in [6.45, 7) is 0.302. The van der Waals surface area contributed by atoms with Crippen LogP contribution in [0.3, 0.4) is 0 Å². The van der Waals surface area contributed by atoms with Gasteiger partial charge in [0.25, 0.3) is 0 Å². The maximum atomic E-state index is 12.0. The number of sulfonamides is 1. The normalized spacial score (nSPS) is 11.4. The second-order valence-electron chi connectivity index (χ2n) is 3.93. The van der Waals surface area contributed by atoms with Gasteiger partial charge in [0.1, 0.15) is 5.82 Å². The van der Waals surface area contributed by atoms with Gasteiger partial charge in [0.05, 0.1) is 4.90 Å². The molecule has 0 aliphatic carbocycles. The first-order valence-corrected chi connectivity index (χ1v) is 7.16. The van der Waals surface area contributed by atoms with E-state index in [0.29, 0.717) is 13.0 Å². The van der Waals surface area contributed by atoms with E-state index in [9.17, 15) is 8.42 Å². The number of hydrogen-bond donors (Lipinski definition) is 2. The van der Waals surface area contributed by atoms with Crippen molar-refractivity contribution in [2.75, 3.05) is 12.3 Å². The summed E-state index contributed by atoms with van der Waals surface area (Å²) in [6, 6.07) is 6.44. The van der Waals surface area contributed by atoms with E-state index >= 15 is 0 Å². The molecule has 0 saturated heterocycles. The third-order valence-corrected chi connectivity index (χ3v) is 3.95. The zero-order valence-corrected chi connectivity index (χ0v) is 11.0. The molecule has 2 heterocycles. The van der Waals surface area contributed by atoms with Crippen molar-refractivity contribution in [3.63, 3.8) is 0 Å². The highest BCUT2D eigenvalue weighted by atomic mass is 32.2. The lowest BCUT2D eigenvalue weighted by molar-refractivity contribution is 0.581. The zero-order chi connectivity index (χ0) is 13.7.